The predicted octanol–water partition coefficient (Wildman–Crippen LogP) is 3.28. The lowest BCUT2D eigenvalue weighted by molar-refractivity contribution is -0.114. The second-order valence-electron chi connectivity index (χ2n) is 10.1. The number of ether oxygens (including phenoxy) is 2. The molecular weight excluding hydrogens is 550 g/mol. The molecule has 2 aliphatic heterocycles. The quantitative estimate of drug-likeness (QED) is 0.388. The number of hydrogen-bond acceptors (Lipinski definition) is 7. The van der Waals surface area contributed by atoms with Gasteiger partial charge < -0.3 is 29.6 Å². The maximum absolute atomic E-state index is 13.4. The number of likely N-dealkylation sites (tertiary alicyclic amines) is 1. The van der Waals surface area contributed by atoms with Crippen LogP contribution in [0, 0.1) is 5.92 Å². The SMILES string of the molecule is COc1cc(NC(=O)N2C[C@@H]3C[C@H](C2)c2ccc(NS(=O)(=O)c4ccc(NC(C)=O)cc4)c(=O)n2C3)cc(OC)c1. The summed E-state index contributed by atoms with van der Waals surface area (Å²) in [6, 6.07) is 13.7. The second kappa shape index (κ2) is 11.2. The van der Waals surface area contributed by atoms with Gasteiger partial charge in [0.1, 0.15) is 17.2 Å². The third-order valence-electron chi connectivity index (χ3n) is 7.22. The van der Waals surface area contributed by atoms with Crippen LogP contribution in [0.4, 0.5) is 21.9 Å². The molecular formula is C28H31N5O7S. The van der Waals surface area contributed by atoms with Crippen molar-refractivity contribution in [3.63, 3.8) is 0 Å². The fourth-order valence-electron chi connectivity index (χ4n) is 5.40. The van der Waals surface area contributed by atoms with Gasteiger partial charge in [-0.1, -0.05) is 0 Å². The van der Waals surface area contributed by atoms with Crippen molar-refractivity contribution in [1.82, 2.24) is 9.47 Å². The zero-order valence-electron chi connectivity index (χ0n) is 22.8. The predicted molar refractivity (Wildman–Crippen MR) is 153 cm³/mol. The molecule has 41 heavy (non-hydrogen) atoms. The number of carbonyl (C=O) groups is 2. The summed E-state index contributed by atoms with van der Waals surface area (Å²) in [6.07, 6.45) is 0.821. The molecule has 3 heterocycles. The highest BCUT2D eigenvalue weighted by Gasteiger charge is 2.37. The first-order valence-electron chi connectivity index (χ1n) is 13.0. The summed E-state index contributed by atoms with van der Waals surface area (Å²) >= 11 is 0. The van der Waals surface area contributed by atoms with Crippen LogP contribution in [0.5, 0.6) is 11.5 Å². The topological polar surface area (TPSA) is 148 Å². The van der Waals surface area contributed by atoms with E-state index >= 15 is 0 Å². The molecule has 1 fully saturated rings. The molecule has 0 aliphatic carbocycles. The van der Waals surface area contributed by atoms with Gasteiger partial charge in [-0.25, -0.2) is 13.2 Å². The molecule has 3 amide bonds. The van der Waals surface area contributed by atoms with Crippen molar-refractivity contribution >= 4 is 39.0 Å². The van der Waals surface area contributed by atoms with Crippen LogP contribution in [0.2, 0.25) is 0 Å². The van der Waals surface area contributed by atoms with Crippen molar-refractivity contribution in [3.8, 4) is 11.5 Å². The van der Waals surface area contributed by atoms with Crippen LogP contribution in [0.15, 0.2) is 64.3 Å². The molecule has 0 saturated carbocycles. The van der Waals surface area contributed by atoms with Gasteiger partial charge in [-0.3, -0.25) is 14.3 Å². The van der Waals surface area contributed by atoms with E-state index in [4.69, 9.17) is 9.47 Å². The summed E-state index contributed by atoms with van der Waals surface area (Å²) in [6.45, 7) is 2.58. The van der Waals surface area contributed by atoms with Gasteiger partial charge in [-0.2, -0.15) is 0 Å². The number of pyridine rings is 1. The number of nitrogens with one attached hydrogen (secondary N) is 3. The Morgan fingerprint density at radius 3 is 2.20 bits per heavy atom. The number of anilines is 3. The summed E-state index contributed by atoms with van der Waals surface area (Å²) in [4.78, 5) is 39.5. The van der Waals surface area contributed by atoms with Crippen molar-refractivity contribution in [2.75, 3.05) is 42.7 Å². The van der Waals surface area contributed by atoms with Gasteiger partial charge in [0.05, 0.1) is 19.1 Å². The molecule has 5 rings (SSSR count). The van der Waals surface area contributed by atoms with Gasteiger partial charge in [0.15, 0.2) is 0 Å². The first-order chi connectivity index (χ1) is 19.6. The van der Waals surface area contributed by atoms with E-state index in [1.54, 1.807) is 33.7 Å². The smallest absolute Gasteiger partial charge is 0.321 e. The molecule has 12 nitrogen and oxygen atoms in total. The molecule has 216 valence electrons. The van der Waals surface area contributed by atoms with E-state index in [9.17, 15) is 22.8 Å². The Bertz CT molecular complexity index is 1630. The van der Waals surface area contributed by atoms with Gasteiger partial charge in [-0.15, -0.1) is 0 Å². The number of benzene rings is 2. The molecule has 2 aliphatic rings. The third kappa shape index (κ3) is 5.99. The number of piperidine rings is 1. The highest BCUT2D eigenvalue weighted by Crippen LogP contribution is 2.36. The zero-order valence-corrected chi connectivity index (χ0v) is 23.7. The number of hydrogen-bond donors (Lipinski definition) is 3. The molecule has 2 bridgehead atoms. The standard InChI is InChI=1S/C28H31N5O7S/c1-17(34)29-20-4-6-24(7-5-20)41(37,38)31-25-8-9-26-19-10-18(15-33(26)27(25)35)14-32(16-19)28(36)30-21-11-22(39-2)13-23(12-21)40-3/h4-9,11-13,18-19,31H,10,14-16H2,1-3H3,(H,29,34)(H,30,36)/t18-,19+/m0/s1. The summed E-state index contributed by atoms with van der Waals surface area (Å²) < 4.78 is 40.6. The van der Waals surface area contributed by atoms with E-state index in [0.29, 0.717) is 42.5 Å². The molecule has 3 aromatic rings. The monoisotopic (exact) mass is 581 g/mol. The lowest BCUT2D eigenvalue weighted by Crippen LogP contribution is -2.50. The Hall–Kier alpha value is -4.52. The number of carbonyl (C=O) groups excluding carboxylic acids is 2. The third-order valence-corrected chi connectivity index (χ3v) is 8.60. The van der Waals surface area contributed by atoms with Crippen molar-refractivity contribution in [3.05, 3.63) is 70.6 Å². The first kappa shape index (κ1) is 28.0. The average molecular weight is 582 g/mol. The van der Waals surface area contributed by atoms with Crippen LogP contribution in [0.25, 0.3) is 0 Å². The largest absolute Gasteiger partial charge is 0.497 e. The molecule has 2 aromatic carbocycles. The van der Waals surface area contributed by atoms with E-state index in [-0.39, 0.29) is 34.4 Å². The number of amides is 3. The fourth-order valence-corrected chi connectivity index (χ4v) is 6.45. The van der Waals surface area contributed by atoms with Gasteiger partial charge in [0, 0.05) is 67.7 Å². The number of aromatic nitrogens is 1. The second-order valence-corrected chi connectivity index (χ2v) is 11.8. The van der Waals surface area contributed by atoms with Gasteiger partial charge in [0.25, 0.3) is 15.6 Å². The highest BCUT2D eigenvalue weighted by molar-refractivity contribution is 7.92. The number of nitrogens with zero attached hydrogens (tertiary/aromatic N) is 2. The zero-order chi connectivity index (χ0) is 29.3. The molecule has 3 N–H and O–H groups in total. The normalized spacial score (nSPS) is 17.7. The molecule has 0 spiro atoms. The fraction of sp³-hybridized carbons (Fsp3) is 0.321. The molecule has 13 heteroatoms. The Kier molecular flexibility index (Phi) is 7.63. The van der Waals surface area contributed by atoms with Crippen LogP contribution in [0.3, 0.4) is 0 Å². The van der Waals surface area contributed by atoms with Gasteiger partial charge in [0.2, 0.25) is 5.91 Å². The summed E-state index contributed by atoms with van der Waals surface area (Å²) in [5.41, 5.74) is 1.27. The molecule has 1 saturated heterocycles. The molecule has 1 aromatic heterocycles. The van der Waals surface area contributed by atoms with Crippen LogP contribution in [-0.2, 0) is 21.4 Å². The van der Waals surface area contributed by atoms with Crippen molar-refractivity contribution < 1.29 is 27.5 Å². The summed E-state index contributed by atoms with van der Waals surface area (Å²) in [5.74, 6) is 0.783. The average Bonchev–Trinajstić information content (AvgIpc) is 2.94. The van der Waals surface area contributed by atoms with Gasteiger partial charge in [-0.05, 0) is 48.7 Å². The number of sulfonamides is 1. The van der Waals surface area contributed by atoms with Gasteiger partial charge >= 0.3 is 6.03 Å². The number of fused-ring (bicyclic) bond motifs is 4. The van der Waals surface area contributed by atoms with Crippen molar-refractivity contribution in [1.29, 1.82) is 0 Å². The van der Waals surface area contributed by atoms with Crippen LogP contribution in [-0.4, -0.2) is 57.1 Å². The van der Waals surface area contributed by atoms with E-state index in [1.807, 2.05) is 0 Å². The Balaban J connectivity index is 1.31. The minimum atomic E-state index is -4.04. The van der Waals surface area contributed by atoms with Crippen LogP contribution >= 0.6 is 0 Å². The van der Waals surface area contributed by atoms with E-state index in [1.165, 1.54) is 51.5 Å². The minimum Gasteiger partial charge on any atom is -0.497 e. The van der Waals surface area contributed by atoms with Crippen molar-refractivity contribution in [2.24, 2.45) is 5.92 Å². The highest BCUT2D eigenvalue weighted by atomic mass is 32.2. The Morgan fingerprint density at radius 2 is 1.56 bits per heavy atom. The molecule has 2 atom stereocenters. The first-order valence-corrected chi connectivity index (χ1v) is 14.5. The van der Waals surface area contributed by atoms with E-state index in [0.717, 1.165) is 12.1 Å². The van der Waals surface area contributed by atoms with Crippen molar-refractivity contribution in [2.45, 2.75) is 30.7 Å². The van der Waals surface area contributed by atoms with E-state index in [2.05, 4.69) is 15.4 Å². The maximum Gasteiger partial charge on any atom is 0.321 e. The maximum atomic E-state index is 13.4. The Morgan fingerprint density at radius 1 is 0.878 bits per heavy atom. The number of rotatable bonds is 7. The molecule has 0 unspecified atom stereocenters. The van der Waals surface area contributed by atoms with Crippen LogP contribution < -0.4 is 30.4 Å². The molecule has 0 radical (unpaired) electrons. The Labute approximate surface area is 237 Å². The summed E-state index contributed by atoms with van der Waals surface area (Å²) in [7, 11) is -0.969. The van der Waals surface area contributed by atoms with Crippen LogP contribution in [0.1, 0.15) is 25.0 Å². The van der Waals surface area contributed by atoms with E-state index < -0.39 is 15.6 Å². The lowest BCUT2D eigenvalue weighted by Gasteiger charge is -2.42. The minimum absolute atomic E-state index is 0.0257. The summed E-state index contributed by atoms with van der Waals surface area (Å²) in [5, 5.41) is 5.49. The number of urea groups is 1. The lowest BCUT2D eigenvalue weighted by atomic mass is 9.83. The number of methoxy groups -OCH3 is 2.